The van der Waals surface area contributed by atoms with E-state index in [1.807, 2.05) is 6.92 Å². The van der Waals surface area contributed by atoms with E-state index in [-0.39, 0.29) is 30.9 Å². The molecule has 1 aliphatic heterocycles. The average molecular weight is 299 g/mol. The molecule has 1 aromatic carbocycles. The molecule has 0 bridgehead atoms. The Morgan fingerprint density at radius 2 is 1.78 bits per heavy atom. The lowest BCUT2D eigenvalue weighted by Gasteiger charge is -2.33. The Morgan fingerprint density at radius 1 is 1.17 bits per heavy atom. The maximum Gasteiger partial charge on any atom is 0.163 e. The van der Waals surface area contributed by atoms with Crippen molar-refractivity contribution in [2.75, 3.05) is 26.2 Å². The maximum atomic E-state index is 13.6. The van der Waals surface area contributed by atoms with Gasteiger partial charge in [-0.05, 0) is 13.0 Å². The number of hydrogen-bond acceptors (Lipinski definition) is 2. The Morgan fingerprint density at radius 3 is 2.39 bits per heavy atom. The largest absolute Gasteiger partial charge is 0.314 e. The number of nitrogens with zero attached hydrogens (tertiary/aromatic N) is 1. The lowest BCUT2D eigenvalue weighted by molar-refractivity contribution is 0.181. The van der Waals surface area contributed by atoms with E-state index >= 15 is 0 Å². The molecule has 2 rings (SSSR count). The van der Waals surface area contributed by atoms with Gasteiger partial charge in [-0.1, -0.05) is 12.1 Å². The second-order valence-electron chi connectivity index (χ2n) is 4.10. The second kappa shape index (κ2) is 7.89. The van der Waals surface area contributed by atoms with Crippen LogP contribution in [0.3, 0.4) is 0 Å². The molecule has 1 fully saturated rings. The van der Waals surface area contributed by atoms with E-state index in [9.17, 15) is 8.78 Å². The van der Waals surface area contributed by atoms with Crippen LogP contribution in [0.1, 0.15) is 18.5 Å². The molecule has 1 aliphatic rings. The number of hydrogen-bond donors (Lipinski definition) is 1. The minimum absolute atomic E-state index is 0. The van der Waals surface area contributed by atoms with Gasteiger partial charge in [0.15, 0.2) is 11.6 Å². The van der Waals surface area contributed by atoms with Gasteiger partial charge in [-0.2, -0.15) is 0 Å². The number of benzene rings is 1. The van der Waals surface area contributed by atoms with E-state index < -0.39 is 11.6 Å². The molecule has 0 saturated carbocycles. The van der Waals surface area contributed by atoms with Crippen molar-refractivity contribution in [2.45, 2.75) is 13.0 Å². The maximum absolute atomic E-state index is 13.6. The Labute approximate surface area is 119 Å². The molecule has 0 amide bonds. The summed E-state index contributed by atoms with van der Waals surface area (Å²) in [6, 6.07) is 4.30. The van der Waals surface area contributed by atoms with Gasteiger partial charge in [-0.3, -0.25) is 4.90 Å². The van der Waals surface area contributed by atoms with Gasteiger partial charge in [0.05, 0.1) is 0 Å². The third-order valence-electron chi connectivity index (χ3n) is 3.13. The van der Waals surface area contributed by atoms with Gasteiger partial charge in [-0.25, -0.2) is 8.78 Å². The molecule has 0 radical (unpaired) electrons. The van der Waals surface area contributed by atoms with Crippen molar-refractivity contribution in [3.8, 4) is 0 Å². The summed E-state index contributed by atoms with van der Waals surface area (Å²) in [5.41, 5.74) is 0.446. The molecule has 1 aromatic rings. The van der Waals surface area contributed by atoms with Crippen LogP contribution >= 0.6 is 24.8 Å². The summed E-state index contributed by atoms with van der Waals surface area (Å²) in [5.74, 6) is -1.48. The highest BCUT2D eigenvalue weighted by Crippen LogP contribution is 2.24. The molecule has 1 saturated heterocycles. The van der Waals surface area contributed by atoms with Crippen LogP contribution in [0.15, 0.2) is 18.2 Å². The molecule has 18 heavy (non-hydrogen) atoms. The Balaban J connectivity index is 0.00000144. The first-order valence-electron chi connectivity index (χ1n) is 5.59. The van der Waals surface area contributed by atoms with Crippen molar-refractivity contribution in [3.05, 3.63) is 35.4 Å². The van der Waals surface area contributed by atoms with Gasteiger partial charge in [0.1, 0.15) is 0 Å². The topological polar surface area (TPSA) is 15.3 Å². The Bertz CT molecular complexity index is 371. The van der Waals surface area contributed by atoms with Crippen molar-refractivity contribution in [1.82, 2.24) is 10.2 Å². The van der Waals surface area contributed by atoms with E-state index in [0.29, 0.717) is 5.56 Å². The van der Waals surface area contributed by atoms with Crippen LogP contribution < -0.4 is 5.32 Å². The summed E-state index contributed by atoms with van der Waals surface area (Å²) in [7, 11) is 0. The Hall–Kier alpha value is -0.420. The predicted molar refractivity (Wildman–Crippen MR) is 73.7 cm³/mol. The third kappa shape index (κ3) is 3.79. The van der Waals surface area contributed by atoms with Crippen LogP contribution in [-0.4, -0.2) is 31.1 Å². The molecule has 0 aromatic heterocycles. The quantitative estimate of drug-likeness (QED) is 0.903. The van der Waals surface area contributed by atoms with Gasteiger partial charge in [0.25, 0.3) is 0 Å². The van der Waals surface area contributed by atoms with Gasteiger partial charge in [-0.15, -0.1) is 24.8 Å². The summed E-state index contributed by atoms with van der Waals surface area (Å²) in [4.78, 5) is 2.16. The molecular weight excluding hydrogens is 281 g/mol. The third-order valence-corrected chi connectivity index (χ3v) is 3.13. The summed E-state index contributed by atoms with van der Waals surface area (Å²) in [6.07, 6.45) is 0. The summed E-state index contributed by atoms with van der Waals surface area (Å²) >= 11 is 0. The highest BCUT2D eigenvalue weighted by atomic mass is 35.5. The lowest BCUT2D eigenvalue weighted by atomic mass is 10.1. The van der Waals surface area contributed by atoms with Gasteiger partial charge in [0, 0.05) is 37.8 Å². The molecule has 0 unspecified atom stereocenters. The van der Waals surface area contributed by atoms with Gasteiger partial charge >= 0.3 is 0 Å². The van der Waals surface area contributed by atoms with E-state index in [2.05, 4.69) is 10.2 Å². The van der Waals surface area contributed by atoms with Crippen LogP contribution in [-0.2, 0) is 0 Å². The first kappa shape index (κ1) is 17.6. The molecule has 2 nitrogen and oxygen atoms in total. The smallest absolute Gasteiger partial charge is 0.163 e. The van der Waals surface area contributed by atoms with Crippen molar-refractivity contribution in [2.24, 2.45) is 0 Å². The second-order valence-corrected chi connectivity index (χ2v) is 4.10. The highest BCUT2D eigenvalue weighted by Gasteiger charge is 2.21. The molecule has 1 atom stereocenters. The number of rotatable bonds is 2. The van der Waals surface area contributed by atoms with E-state index in [0.717, 1.165) is 32.2 Å². The zero-order valence-corrected chi connectivity index (χ0v) is 11.8. The van der Waals surface area contributed by atoms with E-state index in [1.165, 1.54) is 0 Å². The van der Waals surface area contributed by atoms with Crippen LogP contribution in [0, 0.1) is 11.6 Å². The monoisotopic (exact) mass is 298 g/mol. The van der Waals surface area contributed by atoms with Gasteiger partial charge < -0.3 is 5.32 Å². The predicted octanol–water partition coefficient (Wildman–Crippen LogP) is 2.77. The average Bonchev–Trinajstić information content (AvgIpc) is 2.33. The zero-order valence-electron chi connectivity index (χ0n) is 10.2. The minimum atomic E-state index is -0.764. The van der Waals surface area contributed by atoms with Crippen LogP contribution in [0.4, 0.5) is 8.78 Å². The Kier molecular flexibility index (Phi) is 7.71. The molecule has 0 spiro atoms. The first-order chi connectivity index (χ1) is 7.70. The normalized spacial score (nSPS) is 17.5. The fraction of sp³-hybridized carbons (Fsp3) is 0.500. The summed E-state index contributed by atoms with van der Waals surface area (Å²) < 4.78 is 26.7. The van der Waals surface area contributed by atoms with Crippen LogP contribution in [0.5, 0.6) is 0 Å². The van der Waals surface area contributed by atoms with Crippen molar-refractivity contribution in [1.29, 1.82) is 0 Å². The molecule has 1 heterocycles. The molecular formula is C12H18Cl2F2N2. The number of piperazine rings is 1. The van der Waals surface area contributed by atoms with E-state index in [4.69, 9.17) is 0 Å². The SMILES string of the molecule is C[C@@H](c1cccc(F)c1F)N1CCNCC1.Cl.Cl. The van der Waals surface area contributed by atoms with Crippen LogP contribution in [0.25, 0.3) is 0 Å². The summed E-state index contributed by atoms with van der Waals surface area (Å²) in [5, 5.41) is 3.24. The standard InChI is InChI=1S/C12H16F2N2.2ClH/c1-9(16-7-5-15-6-8-16)10-3-2-4-11(13)12(10)14;;/h2-4,9,15H,5-8H2,1H3;2*1H/t9-;;/m0../s1. The van der Waals surface area contributed by atoms with Crippen molar-refractivity contribution < 1.29 is 8.78 Å². The van der Waals surface area contributed by atoms with E-state index in [1.54, 1.807) is 12.1 Å². The minimum Gasteiger partial charge on any atom is -0.314 e. The molecule has 6 heteroatoms. The molecule has 104 valence electrons. The summed E-state index contributed by atoms with van der Waals surface area (Å²) in [6.45, 7) is 5.47. The van der Waals surface area contributed by atoms with Gasteiger partial charge in [0.2, 0.25) is 0 Å². The lowest BCUT2D eigenvalue weighted by Crippen LogP contribution is -2.44. The van der Waals surface area contributed by atoms with Crippen molar-refractivity contribution in [3.63, 3.8) is 0 Å². The molecule has 1 N–H and O–H groups in total. The zero-order chi connectivity index (χ0) is 11.5. The fourth-order valence-corrected chi connectivity index (χ4v) is 2.11. The highest BCUT2D eigenvalue weighted by molar-refractivity contribution is 5.85. The van der Waals surface area contributed by atoms with Crippen molar-refractivity contribution >= 4 is 24.8 Å². The fourth-order valence-electron chi connectivity index (χ4n) is 2.11. The number of halogens is 4. The molecule has 0 aliphatic carbocycles. The van der Waals surface area contributed by atoms with Crippen LogP contribution in [0.2, 0.25) is 0 Å². The number of nitrogens with one attached hydrogen (secondary N) is 1. The first-order valence-corrected chi connectivity index (χ1v) is 5.59.